The highest BCUT2D eigenvalue weighted by Crippen LogP contribution is 2.30. The maximum Gasteiger partial charge on any atom is 0.322 e. The summed E-state index contributed by atoms with van der Waals surface area (Å²) in [5, 5.41) is 2.96. The largest absolute Gasteiger partial charge is 0.497 e. The van der Waals surface area contributed by atoms with E-state index in [0.717, 1.165) is 16.9 Å². The number of methoxy groups -OCH3 is 1. The molecule has 1 N–H and O–H groups in total. The van der Waals surface area contributed by atoms with E-state index in [4.69, 9.17) is 4.74 Å². The molecule has 3 amide bonds. The first-order valence-electron chi connectivity index (χ1n) is 8.57. The van der Waals surface area contributed by atoms with Crippen LogP contribution in [-0.2, 0) is 4.79 Å². The number of nitrogens with zero attached hydrogens (tertiary/aromatic N) is 2. The Labute approximate surface area is 153 Å². The molecule has 1 aliphatic rings. The van der Waals surface area contributed by atoms with Crippen LogP contribution in [0, 0.1) is 0 Å². The Morgan fingerprint density at radius 2 is 1.92 bits per heavy atom. The van der Waals surface area contributed by atoms with Gasteiger partial charge in [-0.25, -0.2) is 4.79 Å². The van der Waals surface area contributed by atoms with Crippen LogP contribution in [0.5, 0.6) is 5.75 Å². The number of hydrogen-bond acceptors (Lipinski definition) is 3. The predicted molar refractivity (Wildman–Crippen MR) is 101 cm³/mol. The predicted octanol–water partition coefficient (Wildman–Crippen LogP) is 3.06. The van der Waals surface area contributed by atoms with Crippen molar-refractivity contribution in [2.24, 2.45) is 0 Å². The summed E-state index contributed by atoms with van der Waals surface area (Å²) in [6, 6.07) is 14.5. The number of hydrogen-bond donors (Lipinski definition) is 1. The van der Waals surface area contributed by atoms with Crippen molar-refractivity contribution < 1.29 is 14.3 Å². The van der Waals surface area contributed by atoms with Gasteiger partial charge in [-0.05, 0) is 30.7 Å². The molecule has 1 aliphatic heterocycles. The van der Waals surface area contributed by atoms with Crippen LogP contribution in [0.1, 0.15) is 6.92 Å². The van der Waals surface area contributed by atoms with E-state index in [1.165, 1.54) is 0 Å². The van der Waals surface area contributed by atoms with Crippen LogP contribution in [0.2, 0.25) is 0 Å². The fraction of sp³-hybridized carbons (Fsp3) is 0.300. The first-order valence-corrected chi connectivity index (χ1v) is 8.57. The molecule has 136 valence electrons. The molecular formula is C20H23N3O3. The number of amides is 3. The smallest absolute Gasteiger partial charge is 0.322 e. The Morgan fingerprint density at radius 3 is 2.69 bits per heavy atom. The Kier molecular flexibility index (Phi) is 5.11. The zero-order valence-corrected chi connectivity index (χ0v) is 15.2. The van der Waals surface area contributed by atoms with E-state index < -0.39 is 6.04 Å². The van der Waals surface area contributed by atoms with E-state index in [1.54, 1.807) is 30.9 Å². The molecule has 1 atom stereocenters. The van der Waals surface area contributed by atoms with Gasteiger partial charge in [-0.15, -0.1) is 0 Å². The van der Waals surface area contributed by atoms with Crippen molar-refractivity contribution in [1.29, 1.82) is 0 Å². The quantitative estimate of drug-likeness (QED) is 0.922. The van der Waals surface area contributed by atoms with Gasteiger partial charge in [-0.3, -0.25) is 4.79 Å². The van der Waals surface area contributed by atoms with Crippen molar-refractivity contribution in [2.45, 2.75) is 13.0 Å². The van der Waals surface area contributed by atoms with Gasteiger partial charge >= 0.3 is 6.03 Å². The van der Waals surface area contributed by atoms with Crippen LogP contribution in [0.4, 0.5) is 10.5 Å². The second kappa shape index (κ2) is 7.47. The van der Waals surface area contributed by atoms with Crippen molar-refractivity contribution in [1.82, 2.24) is 9.80 Å². The minimum Gasteiger partial charge on any atom is -0.497 e. The van der Waals surface area contributed by atoms with Crippen LogP contribution in [-0.4, -0.2) is 55.0 Å². The molecule has 1 heterocycles. The maximum absolute atomic E-state index is 12.8. The average Bonchev–Trinajstić information content (AvgIpc) is 2.66. The molecule has 2 aromatic rings. The Bertz CT molecular complexity index is 821. The maximum atomic E-state index is 12.8. The number of nitrogens with one attached hydrogen (secondary N) is 1. The van der Waals surface area contributed by atoms with E-state index >= 15 is 0 Å². The number of para-hydroxylation sites is 1. The van der Waals surface area contributed by atoms with Gasteiger partial charge in [0.2, 0.25) is 5.91 Å². The molecule has 3 rings (SSSR count). The number of rotatable bonds is 3. The summed E-state index contributed by atoms with van der Waals surface area (Å²) in [6.45, 7) is 2.80. The molecule has 0 radical (unpaired) electrons. The highest BCUT2D eigenvalue weighted by atomic mass is 16.5. The number of urea groups is 1. The third-order valence-corrected chi connectivity index (χ3v) is 4.69. The Hall–Kier alpha value is -3.02. The molecule has 0 aromatic heterocycles. The summed E-state index contributed by atoms with van der Waals surface area (Å²) in [5.41, 5.74) is 2.54. The van der Waals surface area contributed by atoms with Crippen molar-refractivity contribution in [3.8, 4) is 16.9 Å². The lowest BCUT2D eigenvalue weighted by Gasteiger charge is -2.37. The van der Waals surface area contributed by atoms with Gasteiger partial charge < -0.3 is 19.9 Å². The lowest BCUT2D eigenvalue weighted by atomic mass is 10.0. The van der Waals surface area contributed by atoms with Crippen LogP contribution in [0.3, 0.4) is 0 Å². The average molecular weight is 353 g/mol. The molecule has 1 fully saturated rings. The number of anilines is 1. The molecule has 1 saturated heterocycles. The van der Waals surface area contributed by atoms with Crippen LogP contribution < -0.4 is 10.1 Å². The van der Waals surface area contributed by atoms with Gasteiger partial charge in [-0.1, -0.05) is 30.3 Å². The van der Waals surface area contributed by atoms with E-state index in [1.807, 2.05) is 48.5 Å². The summed E-state index contributed by atoms with van der Waals surface area (Å²) < 4.78 is 5.29. The standard InChI is InChI=1S/C20H23N3O3/c1-14-19(24)22(2)11-12-23(14)20(25)21-18-10-5-4-9-17(18)15-7-6-8-16(13-15)26-3/h4-10,13-14H,11-12H2,1-3H3,(H,21,25). The summed E-state index contributed by atoms with van der Waals surface area (Å²) in [7, 11) is 3.38. The SMILES string of the molecule is COc1cccc(-c2ccccc2NC(=O)N2CCN(C)C(=O)C2C)c1. The first-order chi connectivity index (χ1) is 12.5. The zero-order valence-electron chi connectivity index (χ0n) is 15.2. The van der Waals surface area contributed by atoms with Gasteiger partial charge in [0, 0.05) is 25.7 Å². The van der Waals surface area contributed by atoms with Crippen molar-refractivity contribution in [2.75, 3.05) is 32.6 Å². The van der Waals surface area contributed by atoms with Crippen molar-refractivity contribution in [3.63, 3.8) is 0 Å². The molecule has 0 aliphatic carbocycles. The van der Waals surface area contributed by atoms with E-state index in [2.05, 4.69) is 5.32 Å². The zero-order chi connectivity index (χ0) is 18.7. The van der Waals surface area contributed by atoms with Gasteiger partial charge in [0.25, 0.3) is 0 Å². The van der Waals surface area contributed by atoms with Gasteiger partial charge in [0.1, 0.15) is 11.8 Å². The van der Waals surface area contributed by atoms with Crippen molar-refractivity contribution >= 4 is 17.6 Å². The molecule has 0 bridgehead atoms. The number of benzene rings is 2. The fourth-order valence-electron chi connectivity index (χ4n) is 3.11. The Balaban J connectivity index is 1.84. The van der Waals surface area contributed by atoms with Gasteiger partial charge in [-0.2, -0.15) is 0 Å². The summed E-state index contributed by atoms with van der Waals surface area (Å²) >= 11 is 0. The topological polar surface area (TPSA) is 61.9 Å². The monoisotopic (exact) mass is 353 g/mol. The molecule has 6 heteroatoms. The second-order valence-corrected chi connectivity index (χ2v) is 6.34. The van der Waals surface area contributed by atoms with E-state index in [0.29, 0.717) is 18.8 Å². The second-order valence-electron chi connectivity index (χ2n) is 6.34. The highest BCUT2D eigenvalue weighted by molar-refractivity contribution is 5.97. The van der Waals surface area contributed by atoms with Crippen LogP contribution in [0.25, 0.3) is 11.1 Å². The van der Waals surface area contributed by atoms with Gasteiger partial charge in [0.05, 0.1) is 12.8 Å². The first kappa shape index (κ1) is 17.8. The van der Waals surface area contributed by atoms with E-state index in [-0.39, 0.29) is 11.9 Å². The molecular weight excluding hydrogens is 330 g/mol. The minimum atomic E-state index is -0.474. The molecule has 2 aromatic carbocycles. The number of likely N-dealkylation sites (N-methyl/N-ethyl adjacent to an activating group) is 1. The minimum absolute atomic E-state index is 0.0486. The highest BCUT2D eigenvalue weighted by Gasteiger charge is 2.32. The number of piperazine rings is 1. The Morgan fingerprint density at radius 1 is 1.15 bits per heavy atom. The molecule has 1 unspecified atom stereocenters. The molecule has 0 saturated carbocycles. The summed E-state index contributed by atoms with van der Waals surface area (Å²) in [4.78, 5) is 28.1. The van der Waals surface area contributed by atoms with E-state index in [9.17, 15) is 9.59 Å². The lowest BCUT2D eigenvalue weighted by Crippen LogP contribution is -2.57. The normalized spacial score (nSPS) is 17.2. The van der Waals surface area contributed by atoms with Crippen molar-refractivity contribution in [3.05, 3.63) is 48.5 Å². The summed E-state index contributed by atoms with van der Waals surface area (Å²) in [5.74, 6) is 0.703. The third kappa shape index (κ3) is 3.49. The number of ether oxygens (including phenoxy) is 1. The fourth-order valence-corrected chi connectivity index (χ4v) is 3.11. The number of carbonyl (C=O) groups is 2. The number of carbonyl (C=O) groups excluding carboxylic acids is 2. The van der Waals surface area contributed by atoms with Gasteiger partial charge in [0.15, 0.2) is 0 Å². The molecule has 26 heavy (non-hydrogen) atoms. The molecule has 0 spiro atoms. The molecule has 6 nitrogen and oxygen atoms in total. The third-order valence-electron chi connectivity index (χ3n) is 4.69. The lowest BCUT2D eigenvalue weighted by molar-refractivity contribution is -0.137. The summed E-state index contributed by atoms with van der Waals surface area (Å²) in [6.07, 6.45) is 0. The van der Waals surface area contributed by atoms with Crippen LogP contribution in [0.15, 0.2) is 48.5 Å². The van der Waals surface area contributed by atoms with Crippen LogP contribution >= 0.6 is 0 Å².